The van der Waals surface area contributed by atoms with Gasteiger partial charge in [0.1, 0.15) is 0 Å². The van der Waals surface area contributed by atoms with Crippen LogP contribution in [0.1, 0.15) is 50.7 Å². The molecule has 0 saturated heterocycles. The molecule has 0 amide bonds. The lowest BCUT2D eigenvalue weighted by Gasteiger charge is -2.08. The van der Waals surface area contributed by atoms with Gasteiger partial charge in [-0.25, -0.2) is 0 Å². The Balaban J connectivity index is 2.27. The van der Waals surface area contributed by atoms with Crippen LogP contribution in [0.4, 0.5) is 0 Å². The van der Waals surface area contributed by atoms with E-state index in [2.05, 4.69) is 6.92 Å². The third-order valence-corrected chi connectivity index (χ3v) is 3.01. The van der Waals surface area contributed by atoms with Crippen LogP contribution < -0.4 is 0 Å². The molecule has 1 aromatic rings. The van der Waals surface area contributed by atoms with Gasteiger partial charge in [0, 0.05) is 0 Å². The Labute approximate surface area is 110 Å². The smallest absolute Gasteiger partial charge is 0.0824 e. The second-order valence-corrected chi connectivity index (χ2v) is 4.65. The first-order valence-electron chi connectivity index (χ1n) is 6.81. The van der Waals surface area contributed by atoms with Gasteiger partial charge in [0.15, 0.2) is 0 Å². The summed E-state index contributed by atoms with van der Waals surface area (Å²) in [6, 6.07) is 9.60. The van der Waals surface area contributed by atoms with Gasteiger partial charge in [-0.15, -0.1) is 0 Å². The van der Waals surface area contributed by atoms with Gasteiger partial charge in [-0.05, 0) is 18.4 Å². The summed E-state index contributed by atoms with van der Waals surface area (Å²) in [5.41, 5.74) is 0.919. The van der Waals surface area contributed by atoms with Gasteiger partial charge >= 0.3 is 0 Å². The molecule has 1 aromatic carbocycles. The Morgan fingerprint density at radius 1 is 1.11 bits per heavy atom. The summed E-state index contributed by atoms with van der Waals surface area (Å²) in [4.78, 5) is 0. The van der Waals surface area contributed by atoms with E-state index in [-0.39, 0.29) is 6.10 Å². The SMILES string of the molecule is CCCCC[C@H](O)/C=C\C[C@@H](O)c1ccccc1. The minimum atomic E-state index is -0.481. The summed E-state index contributed by atoms with van der Waals surface area (Å²) in [7, 11) is 0. The Hall–Kier alpha value is -1.12. The predicted octanol–water partition coefficient (Wildman–Crippen LogP) is 3.61. The van der Waals surface area contributed by atoms with E-state index in [1.165, 1.54) is 6.42 Å². The van der Waals surface area contributed by atoms with Crippen LogP contribution in [0.25, 0.3) is 0 Å². The highest BCUT2D eigenvalue weighted by Gasteiger charge is 2.04. The van der Waals surface area contributed by atoms with Crippen LogP contribution in [0.15, 0.2) is 42.5 Å². The van der Waals surface area contributed by atoms with E-state index in [0.717, 1.165) is 24.8 Å². The van der Waals surface area contributed by atoms with Crippen molar-refractivity contribution in [3.63, 3.8) is 0 Å². The molecule has 1 rings (SSSR count). The van der Waals surface area contributed by atoms with E-state index in [4.69, 9.17) is 0 Å². The molecule has 0 spiro atoms. The molecule has 2 heteroatoms. The lowest BCUT2D eigenvalue weighted by atomic mass is 10.1. The van der Waals surface area contributed by atoms with E-state index in [1.54, 1.807) is 6.08 Å². The predicted molar refractivity (Wildman–Crippen MR) is 75.3 cm³/mol. The fraction of sp³-hybridized carbons (Fsp3) is 0.500. The lowest BCUT2D eigenvalue weighted by Crippen LogP contribution is -2.02. The van der Waals surface area contributed by atoms with Crippen molar-refractivity contribution in [2.45, 2.75) is 51.2 Å². The molecule has 0 saturated carbocycles. The first-order chi connectivity index (χ1) is 8.74. The van der Waals surface area contributed by atoms with Crippen molar-refractivity contribution in [3.05, 3.63) is 48.0 Å². The highest BCUT2D eigenvalue weighted by Crippen LogP contribution is 2.16. The van der Waals surface area contributed by atoms with Crippen molar-refractivity contribution in [2.75, 3.05) is 0 Å². The number of hydrogen-bond donors (Lipinski definition) is 2. The monoisotopic (exact) mass is 248 g/mol. The molecule has 0 heterocycles. The fourth-order valence-electron chi connectivity index (χ4n) is 1.88. The maximum atomic E-state index is 9.91. The number of unbranched alkanes of at least 4 members (excludes halogenated alkanes) is 2. The molecule has 100 valence electrons. The molecule has 0 aromatic heterocycles. The summed E-state index contributed by atoms with van der Waals surface area (Å²) in [5.74, 6) is 0. The molecule has 2 N–H and O–H groups in total. The first-order valence-corrected chi connectivity index (χ1v) is 6.81. The third kappa shape index (κ3) is 5.99. The van der Waals surface area contributed by atoms with Crippen molar-refractivity contribution >= 4 is 0 Å². The highest BCUT2D eigenvalue weighted by molar-refractivity contribution is 5.17. The van der Waals surface area contributed by atoms with Crippen molar-refractivity contribution in [3.8, 4) is 0 Å². The van der Waals surface area contributed by atoms with Gasteiger partial charge in [-0.3, -0.25) is 0 Å². The van der Waals surface area contributed by atoms with Crippen molar-refractivity contribution in [1.29, 1.82) is 0 Å². The normalized spacial score (nSPS) is 14.8. The summed E-state index contributed by atoms with van der Waals surface area (Å²) in [6.07, 6.45) is 7.56. The quantitative estimate of drug-likeness (QED) is 0.545. The molecule has 0 aliphatic rings. The third-order valence-electron chi connectivity index (χ3n) is 3.01. The molecule has 0 radical (unpaired) electrons. The molecule has 0 unspecified atom stereocenters. The zero-order chi connectivity index (χ0) is 13.2. The first kappa shape index (κ1) is 14.9. The van der Waals surface area contributed by atoms with Crippen LogP contribution in [-0.4, -0.2) is 16.3 Å². The van der Waals surface area contributed by atoms with E-state index in [0.29, 0.717) is 6.42 Å². The summed E-state index contributed by atoms with van der Waals surface area (Å²) < 4.78 is 0. The topological polar surface area (TPSA) is 40.5 Å². The van der Waals surface area contributed by atoms with Gasteiger partial charge in [-0.1, -0.05) is 68.7 Å². The maximum Gasteiger partial charge on any atom is 0.0824 e. The van der Waals surface area contributed by atoms with Crippen LogP contribution in [0.5, 0.6) is 0 Å². The molecule has 18 heavy (non-hydrogen) atoms. The van der Waals surface area contributed by atoms with Crippen molar-refractivity contribution in [1.82, 2.24) is 0 Å². The van der Waals surface area contributed by atoms with Crippen LogP contribution in [0.3, 0.4) is 0 Å². The maximum absolute atomic E-state index is 9.91. The largest absolute Gasteiger partial charge is 0.389 e. The minimum absolute atomic E-state index is 0.375. The zero-order valence-electron chi connectivity index (χ0n) is 11.1. The number of rotatable bonds is 8. The van der Waals surface area contributed by atoms with Crippen molar-refractivity contribution < 1.29 is 10.2 Å². The number of hydrogen-bond acceptors (Lipinski definition) is 2. The van der Waals surface area contributed by atoms with Crippen molar-refractivity contribution in [2.24, 2.45) is 0 Å². The summed E-state index contributed by atoms with van der Waals surface area (Å²) >= 11 is 0. The molecule has 2 nitrogen and oxygen atoms in total. The van der Waals surface area contributed by atoms with E-state index < -0.39 is 6.10 Å². The average molecular weight is 248 g/mol. The average Bonchev–Trinajstić information content (AvgIpc) is 2.40. The Bertz CT molecular complexity index is 332. The fourth-order valence-corrected chi connectivity index (χ4v) is 1.88. The molecule has 0 aliphatic heterocycles. The zero-order valence-corrected chi connectivity index (χ0v) is 11.1. The standard InChI is InChI=1S/C16H24O2/c1-2-3-5-11-15(17)12-8-13-16(18)14-9-6-4-7-10-14/h4,6-10,12,15-18H,2-3,5,11,13H2,1H3/b12-8-/t15-,16+/m0/s1. The Morgan fingerprint density at radius 3 is 2.50 bits per heavy atom. The van der Waals surface area contributed by atoms with E-state index >= 15 is 0 Å². The van der Waals surface area contributed by atoms with Gasteiger partial charge in [-0.2, -0.15) is 0 Å². The van der Waals surface area contributed by atoms with Crippen LogP contribution in [0.2, 0.25) is 0 Å². The lowest BCUT2D eigenvalue weighted by molar-refractivity contribution is 0.179. The molecule has 0 bridgehead atoms. The number of aliphatic hydroxyl groups excluding tert-OH is 2. The second-order valence-electron chi connectivity index (χ2n) is 4.65. The van der Waals surface area contributed by atoms with Crippen LogP contribution >= 0.6 is 0 Å². The van der Waals surface area contributed by atoms with Gasteiger partial charge in [0.05, 0.1) is 12.2 Å². The summed E-state index contributed by atoms with van der Waals surface area (Å²) in [6.45, 7) is 2.15. The molecule has 0 fully saturated rings. The second kappa shape index (κ2) is 8.90. The Kier molecular flexibility index (Phi) is 7.38. The summed E-state index contributed by atoms with van der Waals surface area (Å²) in [5, 5.41) is 19.6. The Morgan fingerprint density at radius 2 is 1.83 bits per heavy atom. The van der Waals surface area contributed by atoms with Crippen LogP contribution in [-0.2, 0) is 0 Å². The highest BCUT2D eigenvalue weighted by atomic mass is 16.3. The van der Waals surface area contributed by atoms with Gasteiger partial charge < -0.3 is 10.2 Å². The van der Waals surface area contributed by atoms with Gasteiger partial charge in [0.2, 0.25) is 0 Å². The minimum Gasteiger partial charge on any atom is -0.389 e. The molecular weight excluding hydrogens is 224 g/mol. The molecule has 0 aliphatic carbocycles. The van der Waals surface area contributed by atoms with E-state index in [1.807, 2.05) is 36.4 Å². The van der Waals surface area contributed by atoms with Crippen LogP contribution in [0, 0.1) is 0 Å². The molecule has 2 atom stereocenters. The van der Waals surface area contributed by atoms with Gasteiger partial charge in [0.25, 0.3) is 0 Å². The number of benzene rings is 1. The number of aliphatic hydroxyl groups is 2. The van der Waals surface area contributed by atoms with E-state index in [9.17, 15) is 10.2 Å². The molecular formula is C16H24O2.